The monoisotopic (exact) mass is 436 g/mol. The smallest absolute Gasteiger partial charge is 0.227 e. The van der Waals surface area contributed by atoms with Gasteiger partial charge in [-0.1, -0.05) is 57.9 Å². The van der Waals surface area contributed by atoms with Crippen LogP contribution in [0.3, 0.4) is 0 Å². The summed E-state index contributed by atoms with van der Waals surface area (Å²) in [6.07, 6.45) is 6.36. The second kappa shape index (κ2) is 11.8. The van der Waals surface area contributed by atoms with Crippen molar-refractivity contribution in [2.45, 2.75) is 83.9 Å². The average molecular weight is 437 g/mol. The number of amides is 1. The van der Waals surface area contributed by atoms with E-state index in [1.54, 1.807) is 0 Å². The molecule has 0 atom stereocenters. The number of aryl methyl sites for hydroxylation is 1. The summed E-state index contributed by atoms with van der Waals surface area (Å²) >= 11 is 0. The van der Waals surface area contributed by atoms with Gasteiger partial charge in [0.1, 0.15) is 0 Å². The van der Waals surface area contributed by atoms with E-state index in [9.17, 15) is 13.2 Å². The zero-order chi connectivity index (χ0) is 22.0. The molecule has 6 heteroatoms. The first-order valence-corrected chi connectivity index (χ1v) is 13.4. The molecule has 1 fully saturated rings. The Hall–Kier alpha value is -1.40. The zero-order valence-corrected chi connectivity index (χ0v) is 19.8. The molecule has 1 saturated carbocycles. The van der Waals surface area contributed by atoms with Crippen molar-refractivity contribution in [1.29, 1.82) is 0 Å². The van der Waals surface area contributed by atoms with Gasteiger partial charge in [-0.05, 0) is 56.2 Å². The van der Waals surface area contributed by atoms with E-state index in [2.05, 4.69) is 41.8 Å². The van der Waals surface area contributed by atoms with Crippen LogP contribution in [0.15, 0.2) is 24.3 Å². The van der Waals surface area contributed by atoms with Crippen LogP contribution < -0.4 is 10.6 Å². The highest BCUT2D eigenvalue weighted by atomic mass is 32.2. The number of hydrogen-bond acceptors (Lipinski definition) is 4. The van der Waals surface area contributed by atoms with Crippen LogP contribution in [-0.2, 0) is 27.6 Å². The van der Waals surface area contributed by atoms with Gasteiger partial charge in [-0.2, -0.15) is 0 Å². The van der Waals surface area contributed by atoms with Gasteiger partial charge in [-0.3, -0.25) is 4.79 Å². The third-order valence-electron chi connectivity index (χ3n) is 6.09. The Balaban J connectivity index is 1.72. The summed E-state index contributed by atoms with van der Waals surface area (Å²) in [6, 6.07) is 8.57. The highest BCUT2D eigenvalue weighted by Crippen LogP contribution is 2.47. The van der Waals surface area contributed by atoms with Crippen molar-refractivity contribution in [1.82, 2.24) is 10.6 Å². The minimum Gasteiger partial charge on any atom is -0.356 e. The molecule has 2 N–H and O–H groups in total. The Morgan fingerprint density at radius 2 is 1.73 bits per heavy atom. The Labute approximate surface area is 183 Å². The number of carbonyl (C=O) groups excluding carboxylic acids is 1. The zero-order valence-electron chi connectivity index (χ0n) is 19.0. The second-order valence-corrected chi connectivity index (χ2v) is 11.0. The number of carbonyl (C=O) groups is 1. The van der Waals surface area contributed by atoms with E-state index < -0.39 is 15.3 Å². The van der Waals surface area contributed by atoms with E-state index in [-0.39, 0.29) is 16.9 Å². The van der Waals surface area contributed by atoms with Crippen molar-refractivity contribution in [3.63, 3.8) is 0 Å². The molecule has 1 aromatic rings. The maximum absolute atomic E-state index is 12.9. The van der Waals surface area contributed by atoms with Crippen LogP contribution >= 0.6 is 0 Å². The SMILES string of the molecule is CCCC(CCC)S(=O)(=O)CC1(C(=O)NCCCNCc2cccc(CC)c2)CC1. The molecule has 1 aliphatic rings. The van der Waals surface area contributed by atoms with E-state index in [1.165, 1.54) is 11.1 Å². The van der Waals surface area contributed by atoms with Crippen LogP contribution in [0, 0.1) is 5.41 Å². The van der Waals surface area contributed by atoms with Crippen LogP contribution in [0.25, 0.3) is 0 Å². The average Bonchev–Trinajstić information content (AvgIpc) is 3.50. The predicted molar refractivity (Wildman–Crippen MR) is 124 cm³/mol. The van der Waals surface area contributed by atoms with Gasteiger partial charge in [-0.25, -0.2) is 8.42 Å². The van der Waals surface area contributed by atoms with Crippen molar-refractivity contribution < 1.29 is 13.2 Å². The van der Waals surface area contributed by atoms with Gasteiger partial charge in [0.15, 0.2) is 9.84 Å². The molecule has 1 aromatic carbocycles. The Morgan fingerprint density at radius 1 is 1.07 bits per heavy atom. The first-order chi connectivity index (χ1) is 14.4. The first kappa shape index (κ1) is 24.9. The van der Waals surface area contributed by atoms with Crippen molar-refractivity contribution in [3.8, 4) is 0 Å². The summed E-state index contributed by atoms with van der Waals surface area (Å²) in [6.45, 7) is 8.41. The van der Waals surface area contributed by atoms with Crippen molar-refractivity contribution >= 4 is 15.7 Å². The summed E-state index contributed by atoms with van der Waals surface area (Å²) in [5.41, 5.74) is 1.94. The van der Waals surface area contributed by atoms with Crippen LogP contribution in [-0.4, -0.2) is 38.4 Å². The van der Waals surface area contributed by atoms with E-state index in [1.807, 2.05) is 13.8 Å². The molecular weight excluding hydrogens is 396 g/mol. The lowest BCUT2D eigenvalue weighted by Crippen LogP contribution is -2.39. The lowest BCUT2D eigenvalue weighted by Gasteiger charge is -2.21. The molecule has 0 aromatic heterocycles. The molecular formula is C24H40N2O3S. The topological polar surface area (TPSA) is 75.3 Å². The summed E-state index contributed by atoms with van der Waals surface area (Å²) in [5, 5.41) is 6.10. The number of sulfone groups is 1. The first-order valence-electron chi connectivity index (χ1n) is 11.6. The molecule has 1 amide bonds. The molecule has 0 aliphatic heterocycles. The van der Waals surface area contributed by atoms with E-state index in [0.29, 0.717) is 32.2 Å². The fourth-order valence-corrected chi connectivity index (χ4v) is 6.65. The van der Waals surface area contributed by atoms with Crippen LogP contribution in [0.4, 0.5) is 0 Å². The molecule has 30 heavy (non-hydrogen) atoms. The fourth-order valence-electron chi connectivity index (χ4n) is 4.03. The van der Waals surface area contributed by atoms with Gasteiger partial charge in [-0.15, -0.1) is 0 Å². The van der Waals surface area contributed by atoms with Crippen LogP contribution in [0.5, 0.6) is 0 Å². The molecule has 2 rings (SSSR count). The maximum atomic E-state index is 12.9. The van der Waals surface area contributed by atoms with E-state index in [0.717, 1.165) is 38.8 Å². The number of rotatable bonds is 15. The van der Waals surface area contributed by atoms with Gasteiger partial charge in [0.05, 0.1) is 16.4 Å². The molecule has 0 spiro atoms. The van der Waals surface area contributed by atoms with Crippen molar-refractivity contribution in [2.24, 2.45) is 5.41 Å². The number of hydrogen-bond donors (Lipinski definition) is 2. The van der Waals surface area contributed by atoms with Crippen LogP contribution in [0.1, 0.15) is 76.8 Å². The lowest BCUT2D eigenvalue weighted by molar-refractivity contribution is -0.125. The lowest BCUT2D eigenvalue weighted by atomic mass is 10.1. The fraction of sp³-hybridized carbons (Fsp3) is 0.708. The van der Waals surface area contributed by atoms with Gasteiger partial charge >= 0.3 is 0 Å². The standard InChI is InChI=1S/C24H40N2O3S/c1-4-9-22(10-5-2)30(28,29)19-24(13-14-24)23(27)26-16-8-15-25-18-21-12-7-11-20(6-3)17-21/h7,11-12,17,22,25H,4-6,8-10,13-16,18-19H2,1-3H3,(H,26,27). The molecule has 1 aliphatic carbocycles. The van der Waals surface area contributed by atoms with E-state index >= 15 is 0 Å². The quantitative estimate of drug-likeness (QED) is 0.407. The van der Waals surface area contributed by atoms with E-state index in [4.69, 9.17) is 0 Å². The van der Waals surface area contributed by atoms with Gasteiger partial charge in [0, 0.05) is 13.1 Å². The minimum atomic E-state index is -3.24. The molecule has 5 nitrogen and oxygen atoms in total. The Kier molecular flexibility index (Phi) is 9.82. The molecule has 0 bridgehead atoms. The summed E-state index contributed by atoms with van der Waals surface area (Å²) in [4.78, 5) is 12.7. The van der Waals surface area contributed by atoms with Crippen molar-refractivity contribution in [2.75, 3.05) is 18.8 Å². The number of benzene rings is 1. The van der Waals surface area contributed by atoms with Crippen molar-refractivity contribution in [3.05, 3.63) is 35.4 Å². The number of nitrogens with one attached hydrogen (secondary N) is 2. The van der Waals surface area contributed by atoms with Gasteiger partial charge < -0.3 is 10.6 Å². The maximum Gasteiger partial charge on any atom is 0.227 e. The van der Waals surface area contributed by atoms with Crippen LogP contribution in [0.2, 0.25) is 0 Å². The summed E-state index contributed by atoms with van der Waals surface area (Å²) < 4.78 is 25.8. The third kappa shape index (κ3) is 7.38. The summed E-state index contributed by atoms with van der Waals surface area (Å²) in [7, 11) is -3.24. The predicted octanol–water partition coefficient (Wildman–Crippen LogP) is 4.01. The molecule has 0 unspecified atom stereocenters. The largest absolute Gasteiger partial charge is 0.356 e. The highest BCUT2D eigenvalue weighted by Gasteiger charge is 2.53. The second-order valence-electron chi connectivity index (χ2n) is 8.75. The van der Waals surface area contributed by atoms with Gasteiger partial charge in [0.25, 0.3) is 0 Å². The Morgan fingerprint density at radius 3 is 2.33 bits per heavy atom. The molecule has 170 valence electrons. The Bertz CT molecular complexity index is 766. The normalized spacial score (nSPS) is 15.3. The minimum absolute atomic E-state index is 0.0164. The molecule has 0 heterocycles. The summed E-state index contributed by atoms with van der Waals surface area (Å²) in [5.74, 6) is -0.0591. The molecule has 0 radical (unpaired) electrons. The third-order valence-corrected chi connectivity index (χ3v) is 8.53. The molecule has 0 saturated heterocycles. The highest BCUT2D eigenvalue weighted by molar-refractivity contribution is 7.92. The van der Waals surface area contributed by atoms with Gasteiger partial charge in [0.2, 0.25) is 5.91 Å².